The zero-order chi connectivity index (χ0) is 44.3. The van der Waals surface area contributed by atoms with Crippen LogP contribution in [0.1, 0.15) is 48.4 Å². The summed E-state index contributed by atoms with van der Waals surface area (Å²) in [6.45, 7) is 3.59. The summed E-state index contributed by atoms with van der Waals surface area (Å²) in [6, 6.07) is 26.4. The zero-order valence-electron chi connectivity index (χ0n) is 33.5. The monoisotopic (exact) mass is 890 g/mol. The lowest BCUT2D eigenvalue weighted by molar-refractivity contribution is 0.180. The summed E-state index contributed by atoms with van der Waals surface area (Å²) in [5.41, 5.74) is 8.16. The number of aliphatic hydroxyl groups excluding tert-OH is 2. The van der Waals surface area contributed by atoms with Gasteiger partial charge in [0.15, 0.2) is 12.3 Å². The van der Waals surface area contributed by atoms with Crippen molar-refractivity contribution in [2.24, 2.45) is 20.0 Å². The molecule has 0 saturated heterocycles. The molecule has 0 amide bonds. The second kappa shape index (κ2) is 20.5. The van der Waals surface area contributed by atoms with Crippen LogP contribution in [0.25, 0.3) is 12.2 Å². The molecule has 2 heterocycles. The number of anilines is 2. The standard InChI is InChI=1S/C40H46N10O10S2/c1-3-41-49-35(45-39(59-23-21-51)47-37(49)43-31-11-7-5-8-12-31)29-19-17-27(33(25-29)61(53,54)55)15-16-28-18-20-30(26-34(28)62(56,57)58)36-46-40(60-24-22-52)48-38(50(36)42-4-2)44-32-13-9-6-10-14-32/h5-20,25-26,35-36,41-42,51-52H,3-4,21-24H2,1-2H3,(H,43,45,47)(H,44,46,48)(H,53,54,55)(H,56,57,58). The molecular weight excluding hydrogens is 845 g/mol. The SMILES string of the molecule is CCNN1C(Nc2ccccc2)=NC(OCCO)=NC1c1ccc(C=Cc2ccc(C3N=C(OCCO)N=C(Nc4ccccc4)N3NCC)cc2S(=O)(=O)O)c(S(=O)(=O)O)c1. The Bertz CT molecular complexity index is 2400. The third-order valence-corrected chi connectivity index (χ3v) is 10.7. The van der Waals surface area contributed by atoms with Crippen molar-refractivity contribution in [1.29, 1.82) is 0 Å². The molecule has 0 aliphatic carbocycles. The van der Waals surface area contributed by atoms with Crippen molar-refractivity contribution in [2.75, 3.05) is 50.2 Å². The number of hydrogen-bond donors (Lipinski definition) is 8. The van der Waals surface area contributed by atoms with Gasteiger partial charge in [-0.1, -0.05) is 86.7 Å². The van der Waals surface area contributed by atoms with Crippen LogP contribution in [0, 0.1) is 0 Å². The number of benzene rings is 4. The first-order chi connectivity index (χ1) is 29.8. The highest BCUT2D eigenvalue weighted by molar-refractivity contribution is 7.86. The molecule has 8 N–H and O–H groups in total. The van der Waals surface area contributed by atoms with Gasteiger partial charge in [-0.25, -0.2) is 30.9 Å². The van der Waals surface area contributed by atoms with Crippen molar-refractivity contribution in [3.63, 3.8) is 0 Å². The Labute approximate surface area is 358 Å². The first-order valence-electron chi connectivity index (χ1n) is 19.2. The van der Waals surface area contributed by atoms with E-state index in [4.69, 9.17) is 9.47 Å². The van der Waals surface area contributed by atoms with Crippen molar-refractivity contribution in [2.45, 2.75) is 36.0 Å². The number of nitrogens with zero attached hydrogens (tertiary/aromatic N) is 6. The minimum absolute atomic E-state index is 0.0295. The summed E-state index contributed by atoms with van der Waals surface area (Å²) in [4.78, 5) is 17.0. The topological polar surface area (TPSA) is 272 Å². The smallest absolute Gasteiger partial charge is 0.317 e. The normalized spacial score (nSPS) is 16.9. The van der Waals surface area contributed by atoms with Crippen LogP contribution in [0.3, 0.4) is 0 Å². The molecule has 0 aromatic heterocycles. The number of para-hydroxylation sites is 2. The minimum Gasteiger partial charge on any atom is -0.461 e. The molecule has 22 heteroatoms. The lowest BCUT2D eigenvalue weighted by Gasteiger charge is -2.35. The van der Waals surface area contributed by atoms with E-state index in [0.29, 0.717) is 24.5 Å². The van der Waals surface area contributed by atoms with E-state index in [0.717, 1.165) is 0 Å². The molecule has 2 aliphatic rings. The van der Waals surface area contributed by atoms with Gasteiger partial charge in [0.2, 0.25) is 11.9 Å². The van der Waals surface area contributed by atoms with Crippen LogP contribution in [0.2, 0.25) is 0 Å². The molecule has 2 atom stereocenters. The summed E-state index contributed by atoms with van der Waals surface area (Å²) in [5, 5.41) is 28.3. The predicted molar refractivity (Wildman–Crippen MR) is 234 cm³/mol. The molecule has 0 bridgehead atoms. The van der Waals surface area contributed by atoms with E-state index in [-0.39, 0.29) is 72.6 Å². The minimum atomic E-state index is -4.92. The molecule has 6 rings (SSSR count). The van der Waals surface area contributed by atoms with Gasteiger partial charge >= 0.3 is 12.0 Å². The summed E-state index contributed by atoms with van der Waals surface area (Å²) in [7, 11) is -9.84. The Morgan fingerprint density at radius 1 is 0.613 bits per heavy atom. The maximum atomic E-state index is 13.0. The van der Waals surface area contributed by atoms with E-state index in [2.05, 4.69) is 41.5 Å². The number of hydrazine groups is 2. The average molecular weight is 891 g/mol. The Hall–Kier alpha value is -6.24. The van der Waals surface area contributed by atoms with Gasteiger partial charge in [0.05, 0.1) is 13.2 Å². The van der Waals surface area contributed by atoms with Crippen molar-refractivity contribution in [3.05, 3.63) is 119 Å². The van der Waals surface area contributed by atoms with Crippen molar-refractivity contribution in [1.82, 2.24) is 20.9 Å². The molecule has 0 spiro atoms. The van der Waals surface area contributed by atoms with Crippen LogP contribution in [0.5, 0.6) is 0 Å². The number of hydrogen-bond acceptors (Lipinski definition) is 18. The molecular formula is C40H46N10O10S2. The lowest BCUT2D eigenvalue weighted by atomic mass is 10.1. The number of rotatable bonds is 16. The van der Waals surface area contributed by atoms with E-state index in [1.807, 2.05) is 74.5 Å². The molecule has 20 nitrogen and oxygen atoms in total. The highest BCUT2D eigenvalue weighted by atomic mass is 32.2. The van der Waals surface area contributed by atoms with Crippen LogP contribution in [0.4, 0.5) is 11.4 Å². The van der Waals surface area contributed by atoms with Gasteiger partial charge in [0, 0.05) is 24.5 Å². The Kier molecular flexibility index (Phi) is 15.0. The van der Waals surface area contributed by atoms with Crippen LogP contribution in [-0.2, 0) is 29.7 Å². The van der Waals surface area contributed by atoms with Crippen LogP contribution in [-0.4, -0.2) is 110 Å². The van der Waals surface area contributed by atoms with Crippen molar-refractivity contribution in [3.8, 4) is 0 Å². The number of nitrogens with one attached hydrogen (secondary N) is 4. The van der Waals surface area contributed by atoms with Gasteiger partial charge in [-0.2, -0.15) is 26.8 Å². The average Bonchev–Trinajstić information content (AvgIpc) is 3.25. The molecule has 328 valence electrons. The van der Waals surface area contributed by atoms with E-state index >= 15 is 0 Å². The summed E-state index contributed by atoms with van der Waals surface area (Å²) >= 11 is 0. The highest BCUT2D eigenvalue weighted by Gasteiger charge is 2.32. The van der Waals surface area contributed by atoms with Gasteiger partial charge in [0.25, 0.3) is 20.2 Å². The number of guanidine groups is 2. The molecule has 0 saturated carbocycles. The van der Waals surface area contributed by atoms with E-state index in [1.54, 1.807) is 22.2 Å². The van der Waals surface area contributed by atoms with E-state index in [9.17, 15) is 36.2 Å². The highest BCUT2D eigenvalue weighted by Crippen LogP contribution is 2.32. The predicted octanol–water partition coefficient (Wildman–Crippen LogP) is 3.69. The van der Waals surface area contributed by atoms with Crippen LogP contribution >= 0.6 is 0 Å². The Morgan fingerprint density at radius 3 is 1.34 bits per heavy atom. The fourth-order valence-corrected chi connectivity index (χ4v) is 7.67. The summed E-state index contributed by atoms with van der Waals surface area (Å²) in [5.74, 6) is 0.476. The summed E-state index contributed by atoms with van der Waals surface area (Å²) in [6.07, 6.45) is 0.553. The summed E-state index contributed by atoms with van der Waals surface area (Å²) < 4.78 is 83.9. The Morgan fingerprint density at radius 2 is 1.00 bits per heavy atom. The molecule has 2 unspecified atom stereocenters. The van der Waals surface area contributed by atoms with Gasteiger partial charge in [-0.3, -0.25) is 9.11 Å². The number of amidine groups is 2. The number of aliphatic imine (C=N–C) groups is 4. The van der Waals surface area contributed by atoms with Gasteiger partial charge in [-0.05, 0) is 58.7 Å². The lowest BCUT2D eigenvalue weighted by Crippen LogP contribution is -2.50. The third-order valence-electron chi connectivity index (χ3n) is 8.85. The van der Waals surface area contributed by atoms with E-state index < -0.39 is 42.4 Å². The molecule has 2 aliphatic heterocycles. The Balaban J connectivity index is 1.37. The first-order valence-corrected chi connectivity index (χ1v) is 22.1. The largest absolute Gasteiger partial charge is 0.461 e. The molecule has 0 fully saturated rings. The van der Waals surface area contributed by atoms with Crippen LogP contribution in [0.15, 0.2) is 127 Å². The maximum absolute atomic E-state index is 13.0. The zero-order valence-corrected chi connectivity index (χ0v) is 35.2. The van der Waals surface area contributed by atoms with Gasteiger partial charge < -0.3 is 30.3 Å². The second-order valence-corrected chi connectivity index (χ2v) is 16.0. The van der Waals surface area contributed by atoms with Gasteiger partial charge in [-0.15, -0.1) is 0 Å². The number of ether oxygens (including phenoxy) is 2. The molecule has 4 aromatic carbocycles. The van der Waals surface area contributed by atoms with Crippen molar-refractivity contribution >= 4 is 67.7 Å². The molecule has 62 heavy (non-hydrogen) atoms. The van der Waals surface area contributed by atoms with Gasteiger partial charge in [0.1, 0.15) is 23.0 Å². The number of aliphatic hydroxyl groups is 2. The fraction of sp³-hybridized carbons (Fsp3) is 0.250. The molecule has 0 radical (unpaired) electrons. The fourth-order valence-electron chi connectivity index (χ4n) is 6.23. The van der Waals surface area contributed by atoms with Crippen LogP contribution < -0.4 is 21.5 Å². The first kappa shape index (κ1) is 45.3. The third kappa shape index (κ3) is 11.4. The molecule has 4 aromatic rings. The quantitative estimate of drug-likeness (QED) is 0.0589. The maximum Gasteiger partial charge on any atom is 0.317 e. The van der Waals surface area contributed by atoms with Crippen molar-refractivity contribution < 1.29 is 45.6 Å². The second-order valence-electron chi connectivity index (χ2n) is 13.2. The van der Waals surface area contributed by atoms with E-state index in [1.165, 1.54) is 36.4 Å².